The van der Waals surface area contributed by atoms with Gasteiger partial charge < -0.3 is 19.9 Å². The molecule has 2 bridgehead atoms. The molecule has 9 heteroatoms. The van der Waals surface area contributed by atoms with Crippen molar-refractivity contribution < 1.29 is 19.1 Å². The number of amides is 1. The molecule has 3 aromatic rings. The lowest BCUT2D eigenvalue weighted by atomic mass is 9.83. The largest absolute Gasteiger partial charge is 0.478 e. The fraction of sp³-hybridized carbons (Fsp3) is 0.269. The van der Waals surface area contributed by atoms with E-state index in [1.807, 2.05) is 10.6 Å². The number of nitrogens with zero attached hydrogens (tertiary/aromatic N) is 2. The van der Waals surface area contributed by atoms with Gasteiger partial charge in [-0.3, -0.25) is 9.59 Å². The summed E-state index contributed by atoms with van der Waals surface area (Å²) in [6.07, 6.45) is 0.671. The molecule has 35 heavy (non-hydrogen) atoms. The van der Waals surface area contributed by atoms with Gasteiger partial charge in [0.05, 0.1) is 23.4 Å². The fourth-order valence-corrected chi connectivity index (χ4v) is 5.42. The van der Waals surface area contributed by atoms with Crippen molar-refractivity contribution in [2.24, 2.45) is 5.92 Å². The summed E-state index contributed by atoms with van der Waals surface area (Å²) in [6.45, 7) is 1.89. The van der Waals surface area contributed by atoms with Crippen LogP contribution < -0.4 is 15.8 Å². The maximum absolute atomic E-state index is 14.2. The van der Waals surface area contributed by atoms with E-state index < -0.39 is 17.7 Å². The first-order valence-electron chi connectivity index (χ1n) is 11.3. The van der Waals surface area contributed by atoms with E-state index in [2.05, 4.69) is 10.2 Å². The van der Waals surface area contributed by atoms with E-state index in [0.29, 0.717) is 31.0 Å². The van der Waals surface area contributed by atoms with Crippen LogP contribution in [0.1, 0.15) is 34.0 Å². The fourth-order valence-electron chi connectivity index (χ4n) is 5.19. The Morgan fingerprint density at radius 3 is 2.66 bits per heavy atom. The topological polar surface area (TPSA) is 91.6 Å². The molecule has 1 amide bonds. The number of hydrogen-bond donors (Lipinski definition) is 2. The number of carboxylic acid groups (broad SMARTS) is 1. The Kier molecular flexibility index (Phi) is 6.06. The minimum atomic E-state index is -1.12. The molecule has 0 saturated carbocycles. The van der Waals surface area contributed by atoms with Crippen molar-refractivity contribution in [2.75, 3.05) is 23.3 Å². The van der Waals surface area contributed by atoms with E-state index >= 15 is 0 Å². The minimum Gasteiger partial charge on any atom is -0.478 e. The number of piperidine rings is 1. The van der Waals surface area contributed by atoms with Crippen molar-refractivity contribution in [1.82, 2.24) is 4.57 Å². The van der Waals surface area contributed by atoms with Gasteiger partial charge in [-0.2, -0.15) is 0 Å². The Balaban J connectivity index is 1.44. The number of halogens is 2. The van der Waals surface area contributed by atoms with Crippen molar-refractivity contribution in [3.8, 4) is 0 Å². The zero-order valence-electron chi connectivity index (χ0n) is 18.7. The summed E-state index contributed by atoms with van der Waals surface area (Å²) in [7, 11) is 0. The molecule has 0 spiro atoms. The molecule has 3 heterocycles. The van der Waals surface area contributed by atoms with Gasteiger partial charge in [0, 0.05) is 47.9 Å². The molecule has 2 aliphatic rings. The summed E-state index contributed by atoms with van der Waals surface area (Å²) >= 11 is 6.07. The van der Waals surface area contributed by atoms with Crippen molar-refractivity contribution in [1.29, 1.82) is 0 Å². The normalized spacial score (nSPS) is 18.6. The average molecular weight is 496 g/mol. The Hall–Kier alpha value is -3.65. The molecule has 2 aliphatic heterocycles. The summed E-state index contributed by atoms with van der Waals surface area (Å²) in [4.78, 5) is 38.9. The van der Waals surface area contributed by atoms with E-state index in [4.69, 9.17) is 11.6 Å². The van der Waals surface area contributed by atoms with Crippen molar-refractivity contribution >= 4 is 34.9 Å². The quantitative estimate of drug-likeness (QED) is 0.555. The smallest absolute Gasteiger partial charge is 0.335 e. The third kappa shape index (κ3) is 4.53. The van der Waals surface area contributed by atoms with E-state index in [1.165, 1.54) is 30.3 Å². The lowest BCUT2D eigenvalue weighted by Gasteiger charge is -2.44. The maximum Gasteiger partial charge on any atom is 0.335 e. The van der Waals surface area contributed by atoms with Crippen LogP contribution in [0.5, 0.6) is 0 Å². The number of benzene rings is 2. The Labute approximate surface area is 205 Å². The zero-order valence-corrected chi connectivity index (χ0v) is 19.5. The highest BCUT2D eigenvalue weighted by molar-refractivity contribution is 6.31. The first-order valence-corrected chi connectivity index (χ1v) is 11.7. The second kappa shape index (κ2) is 9.19. The van der Waals surface area contributed by atoms with Gasteiger partial charge in [0.15, 0.2) is 0 Å². The van der Waals surface area contributed by atoms with Crippen LogP contribution in [-0.2, 0) is 17.8 Å². The lowest BCUT2D eigenvalue weighted by Crippen LogP contribution is -2.47. The Morgan fingerprint density at radius 2 is 1.89 bits per heavy atom. The van der Waals surface area contributed by atoms with Crippen LogP contribution in [0.25, 0.3) is 0 Å². The molecule has 1 aromatic heterocycles. The highest BCUT2D eigenvalue weighted by Gasteiger charge is 2.35. The maximum atomic E-state index is 14.2. The minimum absolute atomic E-state index is 0.00350. The number of carbonyl (C=O) groups is 2. The second-order valence-corrected chi connectivity index (χ2v) is 9.47. The molecular weight excluding hydrogens is 473 g/mol. The number of carboxylic acids is 1. The first-order chi connectivity index (χ1) is 16.8. The van der Waals surface area contributed by atoms with Gasteiger partial charge in [-0.25, -0.2) is 9.18 Å². The molecule has 1 fully saturated rings. The van der Waals surface area contributed by atoms with Gasteiger partial charge >= 0.3 is 5.97 Å². The van der Waals surface area contributed by atoms with E-state index in [1.54, 1.807) is 18.2 Å². The predicted octanol–water partition coefficient (Wildman–Crippen LogP) is 4.14. The highest BCUT2D eigenvalue weighted by atomic mass is 35.5. The number of fused-ring (bicyclic) bond motifs is 4. The van der Waals surface area contributed by atoms with Gasteiger partial charge in [-0.05, 0) is 48.7 Å². The Bertz CT molecular complexity index is 1370. The Morgan fingerprint density at radius 1 is 1.09 bits per heavy atom. The van der Waals surface area contributed by atoms with Gasteiger partial charge in [0.2, 0.25) is 5.91 Å². The molecule has 2 atom stereocenters. The van der Waals surface area contributed by atoms with Crippen molar-refractivity contribution in [3.05, 3.63) is 92.6 Å². The summed E-state index contributed by atoms with van der Waals surface area (Å²) < 4.78 is 16.0. The number of nitrogens with one attached hydrogen (secondary N) is 1. The predicted molar refractivity (Wildman–Crippen MR) is 131 cm³/mol. The van der Waals surface area contributed by atoms with E-state index in [9.17, 15) is 23.9 Å². The molecule has 180 valence electrons. The molecular formula is C26H23ClFN3O4. The lowest BCUT2D eigenvalue weighted by molar-refractivity contribution is -0.115. The molecule has 0 aliphatic carbocycles. The molecule has 2 N–H and O–H groups in total. The van der Waals surface area contributed by atoms with Crippen LogP contribution in [0.2, 0.25) is 5.02 Å². The van der Waals surface area contributed by atoms with Crippen LogP contribution in [-0.4, -0.2) is 34.6 Å². The summed E-state index contributed by atoms with van der Waals surface area (Å²) in [5.41, 5.74) is 2.12. The van der Waals surface area contributed by atoms with Crippen LogP contribution in [0.4, 0.5) is 15.8 Å². The van der Waals surface area contributed by atoms with Gasteiger partial charge in [0.25, 0.3) is 5.56 Å². The number of aromatic carboxylic acids is 1. The second-order valence-electron chi connectivity index (χ2n) is 9.07. The summed E-state index contributed by atoms with van der Waals surface area (Å²) in [5, 5.41) is 12.4. The molecule has 0 radical (unpaired) electrons. The average Bonchev–Trinajstić information content (AvgIpc) is 2.82. The SMILES string of the molecule is O=C(Cc1c(F)cccc1Cl)Nc1cc(C(=O)O)ccc1N1C[C@H]2C[C@@H](C1)c1cccc(=O)n1C2. The number of carbonyl (C=O) groups excluding carboxylic acids is 1. The van der Waals surface area contributed by atoms with Crippen LogP contribution in [0.3, 0.4) is 0 Å². The van der Waals surface area contributed by atoms with Crippen molar-refractivity contribution in [3.63, 3.8) is 0 Å². The van der Waals surface area contributed by atoms with Gasteiger partial charge in [-0.1, -0.05) is 23.7 Å². The highest BCUT2D eigenvalue weighted by Crippen LogP contribution is 2.39. The van der Waals surface area contributed by atoms with Gasteiger partial charge in [-0.15, -0.1) is 0 Å². The summed E-state index contributed by atoms with van der Waals surface area (Å²) in [5.74, 6) is -1.83. The molecule has 0 unspecified atom stereocenters. The molecule has 2 aromatic carbocycles. The monoisotopic (exact) mass is 495 g/mol. The standard InChI is InChI=1S/C26H23ClFN3O4/c27-19-3-1-4-20(28)18(19)11-24(32)29-21-10-16(26(34)35)7-8-23(21)30-12-15-9-17(14-30)22-5-2-6-25(33)31(22)13-15/h1-8,10,15,17H,9,11-14H2,(H,29,32)(H,34,35)/t15-,17+/m1/s1. The van der Waals surface area contributed by atoms with Crippen LogP contribution in [0.15, 0.2) is 59.4 Å². The third-order valence-electron chi connectivity index (χ3n) is 6.74. The van der Waals surface area contributed by atoms with Crippen LogP contribution in [0, 0.1) is 11.7 Å². The molecule has 5 rings (SSSR count). The number of aromatic nitrogens is 1. The van der Waals surface area contributed by atoms with E-state index in [-0.39, 0.29) is 40.0 Å². The number of rotatable bonds is 5. The third-order valence-corrected chi connectivity index (χ3v) is 7.09. The first kappa shape index (κ1) is 23.1. The van der Waals surface area contributed by atoms with E-state index in [0.717, 1.165) is 12.1 Å². The van der Waals surface area contributed by atoms with Crippen molar-refractivity contribution in [2.45, 2.75) is 25.3 Å². The molecule has 7 nitrogen and oxygen atoms in total. The van der Waals surface area contributed by atoms with Gasteiger partial charge in [0.1, 0.15) is 5.82 Å². The van der Waals surface area contributed by atoms with Crippen LogP contribution >= 0.6 is 11.6 Å². The number of hydrogen-bond acceptors (Lipinski definition) is 4. The number of anilines is 2. The summed E-state index contributed by atoms with van der Waals surface area (Å²) in [6, 6.07) is 14.1. The number of pyridine rings is 1. The zero-order chi connectivity index (χ0) is 24.7. The molecule has 1 saturated heterocycles.